The van der Waals surface area contributed by atoms with Gasteiger partial charge in [0.05, 0.1) is 18.9 Å². The maximum atomic E-state index is 12.9. The van der Waals surface area contributed by atoms with Crippen molar-refractivity contribution in [1.82, 2.24) is 5.32 Å². The van der Waals surface area contributed by atoms with Gasteiger partial charge in [0, 0.05) is 12.5 Å². The van der Waals surface area contributed by atoms with Gasteiger partial charge in [0.2, 0.25) is 5.91 Å². The molecular formula is C13H20F3NO3. The number of amides is 1. The lowest BCUT2D eigenvalue weighted by atomic mass is 9.84. The summed E-state index contributed by atoms with van der Waals surface area (Å²) >= 11 is 0. The molecule has 1 saturated carbocycles. The summed E-state index contributed by atoms with van der Waals surface area (Å²) < 4.78 is 43.1. The molecule has 0 bridgehead atoms. The number of esters is 1. The highest BCUT2D eigenvalue weighted by molar-refractivity contribution is 5.82. The van der Waals surface area contributed by atoms with Crippen molar-refractivity contribution < 1.29 is 27.5 Å². The highest BCUT2D eigenvalue weighted by Crippen LogP contribution is 2.37. The van der Waals surface area contributed by atoms with Crippen LogP contribution in [0.15, 0.2) is 0 Å². The monoisotopic (exact) mass is 295 g/mol. The van der Waals surface area contributed by atoms with E-state index in [9.17, 15) is 22.8 Å². The summed E-state index contributed by atoms with van der Waals surface area (Å²) in [5.74, 6) is -3.23. The number of halogens is 3. The molecule has 1 fully saturated rings. The Labute approximate surface area is 116 Å². The quantitative estimate of drug-likeness (QED) is 0.810. The number of carbonyl (C=O) groups is 2. The summed E-state index contributed by atoms with van der Waals surface area (Å²) in [5, 5.41) is 2.42. The molecule has 1 rings (SSSR count). The molecule has 3 unspecified atom stereocenters. The third kappa shape index (κ3) is 4.68. The van der Waals surface area contributed by atoms with Crippen molar-refractivity contribution >= 4 is 11.9 Å². The molecule has 7 heteroatoms. The Morgan fingerprint density at radius 3 is 2.45 bits per heavy atom. The molecular weight excluding hydrogens is 275 g/mol. The van der Waals surface area contributed by atoms with Crippen molar-refractivity contribution in [2.45, 2.75) is 51.2 Å². The standard InChI is InChI=1S/C13H20F3NO3/c1-8(12(19)20-2)7-11(18)17-10-6-4-3-5-9(10)13(14,15)16/h8-10H,3-7H2,1-2H3,(H,17,18). The van der Waals surface area contributed by atoms with E-state index in [0.717, 1.165) is 0 Å². The van der Waals surface area contributed by atoms with Crippen LogP contribution in [0.2, 0.25) is 0 Å². The topological polar surface area (TPSA) is 55.4 Å². The molecule has 1 amide bonds. The van der Waals surface area contributed by atoms with Gasteiger partial charge in [-0.2, -0.15) is 13.2 Å². The first-order valence-corrected chi connectivity index (χ1v) is 6.69. The zero-order valence-corrected chi connectivity index (χ0v) is 11.6. The van der Waals surface area contributed by atoms with E-state index in [1.165, 1.54) is 14.0 Å². The predicted octanol–water partition coefficient (Wildman–Crippen LogP) is 2.42. The molecule has 1 aliphatic rings. The van der Waals surface area contributed by atoms with Crippen LogP contribution in [0.5, 0.6) is 0 Å². The molecule has 3 atom stereocenters. The van der Waals surface area contributed by atoms with E-state index in [1.54, 1.807) is 0 Å². The molecule has 0 radical (unpaired) electrons. The smallest absolute Gasteiger partial charge is 0.393 e. The van der Waals surface area contributed by atoms with Gasteiger partial charge in [0.25, 0.3) is 0 Å². The van der Waals surface area contributed by atoms with E-state index in [4.69, 9.17) is 0 Å². The molecule has 20 heavy (non-hydrogen) atoms. The molecule has 1 aliphatic carbocycles. The Bertz CT molecular complexity index is 357. The summed E-state index contributed by atoms with van der Waals surface area (Å²) in [5.41, 5.74) is 0. The molecule has 0 heterocycles. The van der Waals surface area contributed by atoms with Gasteiger partial charge < -0.3 is 10.1 Å². The Morgan fingerprint density at radius 2 is 1.90 bits per heavy atom. The molecule has 4 nitrogen and oxygen atoms in total. The Balaban J connectivity index is 2.56. The van der Waals surface area contributed by atoms with Crippen molar-refractivity contribution in [3.8, 4) is 0 Å². The average Bonchev–Trinajstić information content (AvgIpc) is 2.36. The first-order valence-electron chi connectivity index (χ1n) is 6.69. The molecule has 1 N–H and O–H groups in total. The van der Waals surface area contributed by atoms with Gasteiger partial charge in [-0.15, -0.1) is 0 Å². The van der Waals surface area contributed by atoms with Crippen molar-refractivity contribution in [2.75, 3.05) is 7.11 Å². The highest BCUT2D eigenvalue weighted by atomic mass is 19.4. The van der Waals surface area contributed by atoms with E-state index in [2.05, 4.69) is 10.1 Å². The van der Waals surface area contributed by atoms with Gasteiger partial charge in [0.15, 0.2) is 0 Å². The van der Waals surface area contributed by atoms with Crippen LogP contribution in [0.4, 0.5) is 13.2 Å². The first-order chi connectivity index (χ1) is 9.25. The Morgan fingerprint density at radius 1 is 1.30 bits per heavy atom. The maximum absolute atomic E-state index is 12.9. The number of methoxy groups -OCH3 is 1. The van der Waals surface area contributed by atoms with Gasteiger partial charge >= 0.3 is 12.1 Å². The van der Waals surface area contributed by atoms with Crippen LogP contribution >= 0.6 is 0 Å². The predicted molar refractivity (Wildman–Crippen MR) is 65.7 cm³/mol. The second kappa shape index (κ2) is 6.95. The zero-order chi connectivity index (χ0) is 15.3. The Kier molecular flexibility index (Phi) is 5.83. The van der Waals surface area contributed by atoms with E-state index >= 15 is 0 Å². The van der Waals surface area contributed by atoms with Gasteiger partial charge in [-0.3, -0.25) is 9.59 Å². The van der Waals surface area contributed by atoms with Crippen LogP contribution in [0.3, 0.4) is 0 Å². The summed E-state index contributed by atoms with van der Waals surface area (Å²) in [6.07, 6.45) is -2.90. The SMILES string of the molecule is COC(=O)C(C)CC(=O)NC1CCCCC1C(F)(F)F. The number of ether oxygens (including phenoxy) is 1. The summed E-state index contributed by atoms with van der Waals surface area (Å²) in [7, 11) is 1.21. The van der Waals surface area contributed by atoms with Crippen molar-refractivity contribution in [3.05, 3.63) is 0 Å². The highest BCUT2D eigenvalue weighted by Gasteiger charge is 2.45. The Hall–Kier alpha value is -1.27. The maximum Gasteiger partial charge on any atom is 0.393 e. The third-order valence-electron chi connectivity index (χ3n) is 3.63. The van der Waals surface area contributed by atoms with Crippen molar-refractivity contribution in [1.29, 1.82) is 0 Å². The van der Waals surface area contributed by atoms with Crippen LogP contribution in [0, 0.1) is 11.8 Å². The van der Waals surface area contributed by atoms with E-state index in [1.807, 2.05) is 0 Å². The molecule has 0 aromatic rings. The fraction of sp³-hybridized carbons (Fsp3) is 0.846. The minimum atomic E-state index is -4.30. The largest absolute Gasteiger partial charge is 0.469 e. The molecule has 116 valence electrons. The summed E-state index contributed by atoms with van der Waals surface area (Å²) in [6.45, 7) is 1.51. The molecule has 0 aromatic carbocycles. The number of carbonyl (C=O) groups excluding carboxylic acids is 2. The third-order valence-corrected chi connectivity index (χ3v) is 3.63. The fourth-order valence-corrected chi connectivity index (χ4v) is 2.52. The number of hydrogen-bond acceptors (Lipinski definition) is 3. The lowest BCUT2D eigenvalue weighted by Crippen LogP contribution is -2.48. The fourth-order valence-electron chi connectivity index (χ4n) is 2.52. The number of nitrogens with one attached hydrogen (secondary N) is 1. The lowest BCUT2D eigenvalue weighted by molar-refractivity contribution is -0.189. The lowest BCUT2D eigenvalue weighted by Gasteiger charge is -2.33. The summed E-state index contributed by atoms with van der Waals surface area (Å²) in [6, 6.07) is -0.888. The molecule has 0 saturated heterocycles. The average molecular weight is 295 g/mol. The first kappa shape index (κ1) is 16.8. The second-order valence-corrected chi connectivity index (χ2v) is 5.23. The zero-order valence-electron chi connectivity index (χ0n) is 11.6. The number of alkyl halides is 3. The van der Waals surface area contributed by atoms with Gasteiger partial charge in [-0.05, 0) is 12.8 Å². The van der Waals surface area contributed by atoms with Crippen LogP contribution in [0.25, 0.3) is 0 Å². The van der Waals surface area contributed by atoms with Crippen LogP contribution < -0.4 is 5.32 Å². The van der Waals surface area contributed by atoms with Crippen molar-refractivity contribution in [3.63, 3.8) is 0 Å². The van der Waals surface area contributed by atoms with Gasteiger partial charge in [-0.25, -0.2) is 0 Å². The summed E-state index contributed by atoms with van der Waals surface area (Å²) in [4.78, 5) is 22.9. The minimum Gasteiger partial charge on any atom is -0.469 e. The molecule has 0 aliphatic heterocycles. The van der Waals surface area contributed by atoms with Crippen LogP contribution in [0.1, 0.15) is 39.0 Å². The van der Waals surface area contributed by atoms with Gasteiger partial charge in [-0.1, -0.05) is 19.8 Å². The number of hydrogen-bond donors (Lipinski definition) is 1. The normalized spacial score (nSPS) is 24.9. The van der Waals surface area contributed by atoms with E-state index in [-0.39, 0.29) is 12.8 Å². The van der Waals surface area contributed by atoms with Crippen LogP contribution in [-0.2, 0) is 14.3 Å². The molecule has 0 aromatic heterocycles. The van der Waals surface area contributed by atoms with E-state index < -0.39 is 35.9 Å². The van der Waals surface area contributed by atoms with Crippen molar-refractivity contribution in [2.24, 2.45) is 11.8 Å². The second-order valence-electron chi connectivity index (χ2n) is 5.23. The number of rotatable bonds is 4. The van der Waals surface area contributed by atoms with Gasteiger partial charge in [0.1, 0.15) is 0 Å². The molecule has 0 spiro atoms. The van der Waals surface area contributed by atoms with E-state index in [0.29, 0.717) is 19.3 Å². The minimum absolute atomic E-state index is 0.0427. The van der Waals surface area contributed by atoms with Crippen LogP contribution in [-0.4, -0.2) is 31.2 Å².